The third kappa shape index (κ3) is 7.32. The van der Waals surface area contributed by atoms with E-state index < -0.39 is 45.7 Å². The van der Waals surface area contributed by atoms with E-state index in [0.717, 1.165) is 19.3 Å². The number of sulfonamides is 1. The monoisotopic (exact) mass is 483 g/mol. The summed E-state index contributed by atoms with van der Waals surface area (Å²) in [6, 6.07) is 6.24. The molecule has 0 radical (unpaired) electrons. The number of carbonyl (C=O) groups excluding carboxylic acids is 3. The van der Waals surface area contributed by atoms with Crippen LogP contribution < -0.4 is 10.6 Å². The van der Waals surface area contributed by atoms with Crippen molar-refractivity contribution < 1.29 is 33.0 Å². The second-order valence-corrected chi connectivity index (χ2v) is 10.7. The molecule has 1 saturated heterocycles. The summed E-state index contributed by atoms with van der Waals surface area (Å²) in [6.07, 6.45) is 0.940. The lowest BCUT2D eigenvalue weighted by Crippen LogP contribution is -2.46. The minimum absolute atomic E-state index is 0.0241. The van der Waals surface area contributed by atoms with Crippen molar-refractivity contribution in [2.75, 3.05) is 26.2 Å². The maximum atomic E-state index is 12.8. The van der Waals surface area contributed by atoms with Crippen molar-refractivity contribution in [3.8, 4) is 0 Å². The zero-order valence-electron chi connectivity index (χ0n) is 19.0. The highest BCUT2D eigenvalue weighted by atomic mass is 32.2. The van der Waals surface area contributed by atoms with Gasteiger partial charge in [0.15, 0.2) is 0 Å². The largest absolute Gasteiger partial charge is 0.396 e. The van der Waals surface area contributed by atoms with Gasteiger partial charge in [-0.2, -0.15) is 4.31 Å². The summed E-state index contributed by atoms with van der Waals surface area (Å²) in [4.78, 5) is 36.2. The number of carbonyl (C=O) groups is 3. The van der Waals surface area contributed by atoms with Crippen molar-refractivity contribution in [2.45, 2.75) is 57.1 Å². The lowest BCUT2D eigenvalue weighted by Gasteiger charge is -2.27. The summed E-state index contributed by atoms with van der Waals surface area (Å²) in [5.74, 6) is -2.36. The molecule has 10 nitrogen and oxygen atoms in total. The first-order chi connectivity index (χ1) is 15.5. The number of hydrogen-bond acceptors (Lipinski definition) is 7. The van der Waals surface area contributed by atoms with E-state index >= 15 is 0 Å². The number of rotatable bonds is 11. The van der Waals surface area contributed by atoms with Gasteiger partial charge in [-0.3, -0.25) is 14.4 Å². The van der Waals surface area contributed by atoms with Crippen molar-refractivity contribution in [1.82, 2.24) is 14.9 Å². The molecule has 0 saturated carbocycles. The fourth-order valence-corrected chi connectivity index (χ4v) is 4.89. The van der Waals surface area contributed by atoms with Crippen LogP contribution in [0.4, 0.5) is 0 Å². The Labute approximate surface area is 194 Å². The Morgan fingerprint density at radius 2 is 1.79 bits per heavy atom. The topological polar surface area (TPSA) is 153 Å². The second-order valence-electron chi connectivity index (χ2n) is 8.81. The number of nitrogens with one attached hydrogen (secondary N) is 2. The van der Waals surface area contributed by atoms with Crippen LogP contribution in [0.15, 0.2) is 29.2 Å². The van der Waals surface area contributed by atoms with Gasteiger partial charge in [0.25, 0.3) is 5.91 Å². The molecule has 2 amide bonds. The molecule has 33 heavy (non-hydrogen) atoms. The number of nitrogens with zero attached hydrogens (tertiary/aromatic N) is 1. The molecule has 0 spiro atoms. The quantitative estimate of drug-likeness (QED) is 0.321. The van der Waals surface area contributed by atoms with Crippen LogP contribution >= 0.6 is 0 Å². The minimum Gasteiger partial charge on any atom is -0.396 e. The molecule has 11 heteroatoms. The summed E-state index contributed by atoms with van der Waals surface area (Å²) >= 11 is 0. The molecule has 1 aromatic rings. The second kappa shape index (κ2) is 11.7. The number of ketones is 1. The van der Waals surface area contributed by atoms with Gasteiger partial charge in [-0.15, -0.1) is 0 Å². The Hall–Kier alpha value is -2.34. The Bertz CT molecular complexity index is 956. The molecule has 0 aromatic heterocycles. The average Bonchev–Trinajstić information content (AvgIpc) is 2.82. The van der Waals surface area contributed by atoms with Gasteiger partial charge < -0.3 is 20.8 Å². The molecule has 1 aromatic carbocycles. The predicted molar refractivity (Wildman–Crippen MR) is 120 cm³/mol. The molecule has 1 atom stereocenters. The molecule has 1 fully saturated rings. The predicted octanol–water partition coefficient (Wildman–Crippen LogP) is -0.0678. The molecule has 4 N–H and O–H groups in total. The summed E-state index contributed by atoms with van der Waals surface area (Å²) in [7, 11) is -3.60. The minimum atomic E-state index is -3.60. The smallest absolute Gasteiger partial charge is 0.287 e. The Kier molecular flexibility index (Phi) is 9.53. The van der Waals surface area contributed by atoms with Gasteiger partial charge in [0.05, 0.1) is 11.5 Å². The van der Waals surface area contributed by atoms with Crippen LogP contribution in [0.5, 0.6) is 0 Å². The van der Waals surface area contributed by atoms with Gasteiger partial charge >= 0.3 is 0 Å². The third-order valence-electron chi connectivity index (χ3n) is 5.60. The average molecular weight is 484 g/mol. The van der Waals surface area contributed by atoms with Crippen LogP contribution in [-0.4, -0.2) is 72.9 Å². The van der Waals surface area contributed by atoms with E-state index in [0.29, 0.717) is 18.7 Å². The normalized spacial score (nSPS) is 16.1. The molecule has 1 aliphatic rings. The van der Waals surface area contributed by atoms with Crippen molar-refractivity contribution in [1.29, 1.82) is 0 Å². The maximum absolute atomic E-state index is 12.8. The molecule has 0 bridgehead atoms. The van der Waals surface area contributed by atoms with E-state index in [-0.39, 0.29) is 24.4 Å². The van der Waals surface area contributed by atoms with E-state index in [2.05, 4.69) is 10.6 Å². The SMILES string of the molecule is CC(C)(CO)C(O)C(=O)NCCC(=O)C(=O)NCc1cccc(S(=O)(=O)N2CCCCC2)c1. The Morgan fingerprint density at radius 1 is 1.12 bits per heavy atom. The maximum Gasteiger partial charge on any atom is 0.287 e. The molecule has 0 aliphatic carbocycles. The number of aliphatic hydroxyl groups is 2. The summed E-state index contributed by atoms with van der Waals surface area (Å²) < 4.78 is 27.1. The van der Waals surface area contributed by atoms with Gasteiger partial charge in [0.2, 0.25) is 21.7 Å². The van der Waals surface area contributed by atoms with E-state index in [1.165, 1.54) is 30.3 Å². The van der Waals surface area contributed by atoms with Gasteiger partial charge in [0.1, 0.15) is 6.10 Å². The van der Waals surface area contributed by atoms with E-state index in [4.69, 9.17) is 0 Å². The molecule has 1 unspecified atom stereocenters. The highest BCUT2D eigenvalue weighted by molar-refractivity contribution is 7.89. The first kappa shape index (κ1) is 26.9. The number of hydrogen-bond donors (Lipinski definition) is 4. The molecule has 184 valence electrons. The molecule has 1 aliphatic heterocycles. The summed E-state index contributed by atoms with van der Waals surface area (Å²) in [5, 5.41) is 23.9. The Balaban J connectivity index is 1.85. The molecule has 2 rings (SSSR count). The van der Waals surface area contributed by atoms with Gasteiger partial charge in [-0.1, -0.05) is 32.4 Å². The van der Waals surface area contributed by atoms with Crippen molar-refractivity contribution in [2.24, 2.45) is 5.41 Å². The van der Waals surface area contributed by atoms with Gasteiger partial charge in [0, 0.05) is 38.0 Å². The zero-order chi connectivity index (χ0) is 24.6. The third-order valence-corrected chi connectivity index (χ3v) is 7.50. The fraction of sp³-hybridized carbons (Fsp3) is 0.591. The van der Waals surface area contributed by atoms with Gasteiger partial charge in [-0.25, -0.2) is 8.42 Å². The number of aliphatic hydroxyl groups excluding tert-OH is 2. The van der Waals surface area contributed by atoms with Crippen LogP contribution in [0, 0.1) is 5.41 Å². The first-order valence-corrected chi connectivity index (χ1v) is 12.4. The number of piperidine rings is 1. The number of amides is 2. The zero-order valence-corrected chi connectivity index (χ0v) is 19.9. The lowest BCUT2D eigenvalue weighted by atomic mass is 9.87. The van der Waals surface area contributed by atoms with Gasteiger partial charge in [-0.05, 0) is 30.5 Å². The number of benzene rings is 1. The van der Waals surface area contributed by atoms with Crippen LogP contribution in [0.1, 0.15) is 45.1 Å². The van der Waals surface area contributed by atoms with E-state index in [9.17, 15) is 33.0 Å². The van der Waals surface area contributed by atoms with Crippen molar-refractivity contribution >= 4 is 27.6 Å². The van der Waals surface area contributed by atoms with Crippen LogP contribution in [0.3, 0.4) is 0 Å². The van der Waals surface area contributed by atoms with Crippen LogP contribution in [0.25, 0.3) is 0 Å². The highest BCUT2D eigenvalue weighted by Gasteiger charge is 2.33. The van der Waals surface area contributed by atoms with E-state index in [1.54, 1.807) is 12.1 Å². The first-order valence-electron chi connectivity index (χ1n) is 11.0. The fourth-order valence-electron chi connectivity index (χ4n) is 3.30. The number of Topliss-reactive ketones (excluding diaryl/α,β-unsaturated/α-hetero) is 1. The molecular formula is C22H33N3O7S. The van der Waals surface area contributed by atoms with Crippen LogP contribution in [0.2, 0.25) is 0 Å². The molecular weight excluding hydrogens is 450 g/mol. The lowest BCUT2D eigenvalue weighted by molar-refractivity contribution is -0.139. The van der Waals surface area contributed by atoms with E-state index in [1.807, 2.05) is 0 Å². The summed E-state index contributed by atoms with van der Waals surface area (Å²) in [5.41, 5.74) is -0.501. The van der Waals surface area contributed by atoms with Crippen molar-refractivity contribution in [3.05, 3.63) is 29.8 Å². The highest BCUT2D eigenvalue weighted by Crippen LogP contribution is 2.21. The van der Waals surface area contributed by atoms with Crippen LogP contribution in [-0.2, 0) is 31.0 Å². The standard InChI is InChI=1S/C22H33N3O7S/c1-22(2,15-26)19(28)21(30)23-10-9-18(27)20(29)24-14-16-7-6-8-17(13-16)33(31,32)25-11-4-3-5-12-25/h6-8,13,19,26,28H,3-5,9-12,14-15H2,1-2H3,(H,23,30)(H,24,29). The molecule has 1 heterocycles. The summed E-state index contributed by atoms with van der Waals surface area (Å²) in [6.45, 7) is 3.44. The van der Waals surface area contributed by atoms with Crippen molar-refractivity contribution in [3.63, 3.8) is 0 Å². The Morgan fingerprint density at radius 3 is 2.42 bits per heavy atom.